The highest BCUT2D eigenvalue weighted by molar-refractivity contribution is 7.99. The van der Waals surface area contributed by atoms with E-state index in [9.17, 15) is 9.59 Å². The fourth-order valence-corrected chi connectivity index (χ4v) is 2.63. The Morgan fingerprint density at radius 3 is 2.77 bits per heavy atom. The van der Waals surface area contributed by atoms with E-state index in [2.05, 4.69) is 15.6 Å². The lowest BCUT2D eigenvalue weighted by molar-refractivity contribution is -0.127. The van der Waals surface area contributed by atoms with Gasteiger partial charge < -0.3 is 10.6 Å². The van der Waals surface area contributed by atoms with Crippen LogP contribution in [0.15, 0.2) is 41.4 Å². The van der Waals surface area contributed by atoms with Crippen LogP contribution in [0.1, 0.15) is 13.8 Å². The number of hydrogen-bond acceptors (Lipinski definition) is 4. The zero-order valence-electron chi connectivity index (χ0n) is 12.6. The van der Waals surface area contributed by atoms with E-state index in [1.54, 1.807) is 6.92 Å². The molecule has 1 atom stereocenters. The molecule has 0 aliphatic carbocycles. The highest BCUT2D eigenvalue weighted by Gasteiger charge is 2.14. The molecule has 1 aromatic carbocycles. The number of thioether (sulfide) groups is 1. The van der Waals surface area contributed by atoms with Gasteiger partial charge in [0.1, 0.15) is 6.04 Å². The second-order valence-electron chi connectivity index (χ2n) is 4.81. The van der Waals surface area contributed by atoms with Gasteiger partial charge in [0.05, 0.1) is 16.3 Å². The molecule has 2 amide bonds. The molecule has 0 saturated heterocycles. The summed E-state index contributed by atoms with van der Waals surface area (Å²) in [6.45, 7) is 4.06. The number of amides is 2. The Morgan fingerprint density at radius 1 is 1.23 bits per heavy atom. The number of carbonyl (C=O) groups excluding carboxylic acids is 2. The molecule has 0 spiro atoms. The van der Waals surface area contributed by atoms with Crippen molar-refractivity contribution in [3.05, 3.63) is 36.4 Å². The van der Waals surface area contributed by atoms with Gasteiger partial charge in [-0.3, -0.25) is 9.59 Å². The molecule has 2 N–H and O–H groups in total. The fraction of sp³-hybridized carbons (Fsp3) is 0.312. The van der Waals surface area contributed by atoms with Crippen LogP contribution in [0.25, 0.3) is 10.9 Å². The molecule has 22 heavy (non-hydrogen) atoms. The van der Waals surface area contributed by atoms with E-state index in [4.69, 9.17) is 0 Å². The van der Waals surface area contributed by atoms with E-state index in [1.165, 1.54) is 11.8 Å². The molecular formula is C16H19N3O2S. The first-order chi connectivity index (χ1) is 10.6. The minimum absolute atomic E-state index is 0.176. The van der Waals surface area contributed by atoms with Crippen LogP contribution in [-0.4, -0.2) is 35.1 Å². The van der Waals surface area contributed by atoms with Crippen LogP contribution in [0.2, 0.25) is 0 Å². The molecule has 0 radical (unpaired) electrons. The molecule has 0 aliphatic heterocycles. The lowest BCUT2D eigenvalue weighted by Gasteiger charge is -2.13. The predicted octanol–water partition coefficient (Wildman–Crippen LogP) is 1.97. The maximum absolute atomic E-state index is 11.9. The zero-order valence-corrected chi connectivity index (χ0v) is 13.4. The Balaban J connectivity index is 1.88. The summed E-state index contributed by atoms with van der Waals surface area (Å²) in [5, 5.41) is 7.21. The molecular weight excluding hydrogens is 298 g/mol. The van der Waals surface area contributed by atoms with Gasteiger partial charge in [0.2, 0.25) is 11.8 Å². The number of likely N-dealkylation sites (N-methyl/N-ethyl adjacent to an activating group) is 1. The van der Waals surface area contributed by atoms with Gasteiger partial charge in [-0.25, -0.2) is 4.98 Å². The van der Waals surface area contributed by atoms with Gasteiger partial charge in [0.15, 0.2) is 0 Å². The van der Waals surface area contributed by atoms with Crippen LogP contribution < -0.4 is 10.6 Å². The van der Waals surface area contributed by atoms with E-state index in [0.717, 1.165) is 15.9 Å². The van der Waals surface area contributed by atoms with Crippen molar-refractivity contribution < 1.29 is 9.59 Å². The van der Waals surface area contributed by atoms with Crippen molar-refractivity contribution >= 4 is 34.5 Å². The molecule has 0 fully saturated rings. The minimum Gasteiger partial charge on any atom is -0.355 e. The number of aromatic nitrogens is 1. The number of benzene rings is 1. The minimum atomic E-state index is -0.530. The van der Waals surface area contributed by atoms with E-state index >= 15 is 0 Å². The monoisotopic (exact) mass is 317 g/mol. The van der Waals surface area contributed by atoms with Gasteiger partial charge in [0.25, 0.3) is 0 Å². The lowest BCUT2D eigenvalue weighted by atomic mass is 10.2. The molecule has 0 unspecified atom stereocenters. The van der Waals surface area contributed by atoms with Gasteiger partial charge in [-0.15, -0.1) is 0 Å². The quantitative estimate of drug-likeness (QED) is 0.799. The maximum atomic E-state index is 11.9. The summed E-state index contributed by atoms with van der Waals surface area (Å²) in [7, 11) is 0. The van der Waals surface area contributed by atoms with E-state index in [-0.39, 0.29) is 17.6 Å². The number of nitrogens with zero attached hydrogens (tertiary/aromatic N) is 1. The van der Waals surface area contributed by atoms with E-state index in [0.29, 0.717) is 6.54 Å². The average molecular weight is 317 g/mol. The third-order valence-corrected chi connectivity index (χ3v) is 3.98. The molecule has 2 aromatic rings. The molecule has 1 heterocycles. The maximum Gasteiger partial charge on any atom is 0.242 e. The number of hydrogen-bond donors (Lipinski definition) is 2. The van der Waals surface area contributed by atoms with Gasteiger partial charge in [0, 0.05) is 11.9 Å². The van der Waals surface area contributed by atoms with Crippen LogP contribution in [0.5, 0.6) is 0 Å². The van der Waals surface area contributed by atoms with Crippen molar-refractivity contribution in [1.29, 1.82) is 0 Å². The van der Waals surface area contributed by atoms with Crippen molar-refractivity contribution in [3.8, 4) is 0 Å². The molecule has 1 aromatic heterocycles. The Labute approximate surface area is 133 Å². The van der Waals surface area contributed by atoms with E-state index in [1.807, 2.05) is 43.3 Å². The summed E-state index contributed by atoms with van der Waals surface area (Å²) >= 11 is 1.36. The third kappa shape index (κ3) is 4.46. The molecule has 0 saturated carbocycles. The molecule has 0 aliphatic rings. The van der Waals surface area contributed by atoms with Crippen LogP contribution in [0.3, 0.4) is 0 Å². The Hall–Kier alpha value is -2.08. The summed E-state index contributed by atoms with van der Waals surface area (Å²) in [5.41, 5.74) is 0.906. The number of para-hydroxylation sites is 1. The molecule has 2 rings (SSSR count). The molecule has 6 heteroatoms. The average Bonchev–Trinajstić information content (AvgIpc) is 2.53. The van der Waals surface area contributed by atoms with Crippen molar-refractivity contribution in [2.45, 2.75) is 24.9 Å². The van der Waals surface area contributed by atoms with Crippen molar-refractivity contribution in [2.75, 3.05) is 12.3 Å². The smallest absolute Gasteiger partial charge is 0.242 e. The van der Waals surface area contributed by atoms with E-state index < -0.39 is 6.04 Å². The van der Waals surface area contributed by atoms with Crippen molar-refractivity contribution in [2.24, 2.45) is 0 Å². The summed E-state index contributed by atoms with van der Waals surface area (Å²) < 4.78 is 0. The van der Waals surface area contributed by atoms with Gasteiger partial charge in [-0.05, 0) is 26.0 Å². The number of carbonyl (C=O) groups is 2. The third-order valence-electron chi connectivity index (χ3n) is 3.05. The molecule has 5 nitrogen and oxygen atoms in total. The van der Waals surface area contributed by atoms with Gasteiger partial charge in [-0.1, -0.05) is 36.0 Å². The first-order valence-corrected chi connectivity index (χ1v) is 8.14. The number of nitrogens with one attached hydrogen (secondary N) is 2. The second kappa shape index (κ2) is 7.79. The Morgan fingerprint density at radius 2 is 2.00 bits per heavy atom. The first-order valence-electron chi connectivity index (χ1n) is 7.16. The molecule has 0 bridgehead atoms. The van der Waals surface area contributed by atoms with Crippen LogP contribution in [0, 0.1) is 0 Å². The first kappa shape index (κ1) is 16.3. The number of pyridine rings is 1. The standard InChI is InChI=1S/C16H19N3O2S/c1-3-17-16(21)11(2)18-14(20)10-22-15-9-8-12-6-4-5-7-13(12)19-15/h4-9,11H,3,10H2,1-2H3,(H,17,21)(H,18,20)/t11-/m0/s1. The number of rotatable bonds is 6. The predicted molar refractivity (Wildman–Crippen MR) is 88.8 cm³/mol. The van der Waals surface area contributed by atoms with Crippen molar-refractivity contribution in [3.63, 3.8) is 0 Å². The van der Waals surface area contributed by atoms with Crippen LogP contribution in [0.4, 0.5) is 0 Å². The zero-order chi connectivity index (χ0) is 15.9. The second-order valence-corrected chi connectivity index (χ2v) is 5.81. The van der Waals surface area contributed by atoms with Crippen LogP contribution >= 0.6 is 11.8 Å². The van der Waals surface area contributed by atoms with Gasteiger partial charge in [-0.2, -0.15) is 0 Å². The number of fused-ring (bicyclic) bond motifs is 1. The normalized spacial score (nSPS) is 11.9. The lowest BCUT2D eigenvalue weighted by Crippen LogP contribution is -2.45. The fourth-order valence-electron chi connectivity index (χ4n) is 1.94. The summed E-state index contributed by atoms with van der Waals surface area (Å²) in [6.07, 6.45) is 0. The highest BCUT2D eigenvalue weighted by Crippen LogP contribution is 2.19. The topological polar surface area (TPSA) is 71.1 Å². The van der Waals surface area contributed by atoms with Crippen molar-refractivity contribution in [1.82, 2.24) is 15.6 Å². The largest absolute Gasteiger partial charge is 0.355 e. The Kier molecular flexibility index (Phi) is 5.77. The highest BCUT2D eigenvalue weighted by atomic mass is 32.2. The summed E-state index contributed by atoms with van der Waals surface area (Å²) in [5.74, 6) is -0.127. The Bertz CT molecular complexity index is 675. The summed E-state index contributed by atoms with van der Waals surface area (Å²) in [4.78, 5) is 27.9. The molecule has 116 valence electrons. The SMILES string of the molecule is CCNC(=O)[C@H](C)NC(=O)CSc1ccc2ccccc2n1. The van der Waals surface area contributed by atoms with Crippen LogP contribution in [-0.2, 0) is 9.59 Å². The van der Waals surface area contributed by atoms with Gasteiger partial charge >= 0.3 is 0 Å². The summed E-state index contributed by atoms with van der Waals surface area (Å²) in [6, 6.07) is 11.2.